The van der Waals surface area contributed by atoms with Crippen LogP contribution in [0.25, 0.3) is 44.6 Å². The van der Waals surface area contributed by atoms with Crippen LogP contribution >= 0.6 is 11.6 Å². The standard InChI is InChI=1S/C40H39ClN6O4/c1-23-30(5-3-7-32(23)39-45-35-17-25(16-33(41)37(35)51-39)19-46-13-10-28(21-46)40(49)50)31-6-4-8-34(24(31)2)44-38-36-27(9-12-42-38)15-26(18-43-36)20-47-14-11-29(48)22-47/h3-9,12,15-18,28-29,48H,10-11,13-14,19-22H2,1-2H3,(H,42,44)(H,49,50)/t28-,29+/m0/s1. The lowest BCUT2D eigenvalue weighted by molar-refractivity contribution is -0.141. The number of hydrogen-bond acceptors (Lipinski definition) is 9. The molecule has 0 amide bonds. The molecule has 0 radical (unpaired) electrons. The van der Waals surface area contributed by atoms with Crippen LogP contribution < -0.4 is 5.32 Å². The van der Waals surface area contributed by atoms with Crippen LogP contribution in [0.2, 0.25) is 5.02 Å². The lowest BCUT2D eigenvalue weighted by Crippen LogP contribution is -2.22. The summed E-state index contributed by atoms with van der Waals surface area (Å²) >= 11 is 6.71. The summed E-state index contributed by atoms with van der Waals surface area (Å²) in [5.74, 6) is 0.109. The fourth-order valence-corrected chi connectivity index (χ4v) is 7.81. The van der Waals surface area contributed by atoms with Gasteiger partial charge >= 0.3 is 5.97 Å². The Morgan fingerprint density at radius 3 is 2.45 bits per heavy atom. The number of nitrogens with one attached hydrogen (secondary N) is 1. The van der Waals surface area contributed by atoms with Gasteiger partial charge in [-0.1, -0.05) is 35.9 Å². The molecule has 2 aliphatic rings. The Morgan fingerprint density at radius 2 is 1.67 bits per heavy atom. The number of benzene rings is 3. The van der Waals surface area contributed by atoms with Crippen LogP contribution in [0.15, 0.2) is 77.5 Å². The van der Waals surface area contributed by atoms with E-state index in [0.717, 1.165) is 81.6 Å². The number of carbonyl (C=O) groups is 1. The van der Waals surface area contributed by atoms with E-state index in [9.17, 15) is 15.0 Å². The largest absolute Gasteiger partial charge is 0.481 e. The second kappa shape index (κ2) is 13.7. The minimum atomic E-state index is -0.743. The molecule has 0 unspecified atom stereocenters. The van der Waals surface area contributed by atoms with Crippen LogP contribution in [0.4, 0.5) is 11.5 Å². The number of β-amino-alcohol motifs (C(OH)–C–C–N with tert-alkyl or cyclic N) is 1. The number of hydrogen-bond donors (Lipinski definition) is 3. The van der Waals surface area contributed by atoms with E-state index >= 15 is 0 Å². The van der Waals surface area contributed by atoms with Crippen LogP contribution in [0.5, 0.6) is 0 Å². The summed E-state index contributed by atoms with van der Waals surface area (Å²) in [4.78, 5) is 30.2. The number of pyridine rings is 2. The van der Waals surface area contributed by atoms with Crippen LogP contribution in [0.3, 0.4) is 0 Å². The number of aliphatic hydroxyl groups is 1. The van der Waals surface area contributed by atoms with Gasteiger partial charge in [0.25, 0.3) is 0 Å². The summed E-state index contributed by atoms with van der Waals surface area (Å²) in [6, 6.07) is 20.4. The third-order valence-corrected chi connectivity index (χ3v) is 10.6. The third kappa shape index (κ3) is 6.68. The van der Waals surface area contributed by atoms with Crippen LogP contribution in [0, 0.1) is 19.8 Å². The molecule has 0 saturated carbocycles. The summed E-state index contributed by atoms with van der Waals surface area (Å²) in [6.45, 7) is 8.40. The number of anilines is 2. The number of aliphatic hydroxyl groups excluding tert-OH is 1. The quantitative estimate of drug-likeness (QED) is 0.139. The molecule has 2 aliphatic heterocycles. The van der Waals surface area contributed by atoms with Gasteiger partial charge in [0, 0.05) is 61.8 Å². The number of carboxylic acid groups (broad SMARTS) is 1. The molecule has 2 saturated heterocycles. The van der Waals surface area contributed by atoms with Gasteiger partial charge in [-0.3, -0.25) is 19.6 Å². The van der Waals surface area contributed by atoms with Crippen molar-refractivity contribution in [1.82, 2.24) is 24.8 Å². The zero-order valence-corrected chi connectivity index (χ0v) is 29.3. The van der Waals surface area contributed by atoms with Crippen LogP contribution in [-0.2, 0) is 17.9 Å². The number of oxazole rings is 1. The summed E-state index contributed by atoms with van der Waals surface area (Å²) in [7, 11) is 0. The monoisotopic (exact) mass is 702 g/mol. The minimum absolute atomic E-state index is 0.248. The second-order valence-corrected chi connectivity index (χ2v) is 14.2. The molecule has 11 heteroatoms. The fraction of sp³-hybridized carbons (Fsp3) is 0.300. The summed E-state index contributed by atoms with van der Waals surface area (Å²) in [5, 5.41) is 24.4. The average molecular weight is 703 g/mol. The lowest BCUT2D eigenvalue weighted by atomic mass is 9.93. The molecule has 260 valence electrons. The predicted molar refractivity (Wildman–Crippen MR) is 199 cm³/mol. The minimum Gasteiger partial charge on any atom is -0.481 e. The van der Waals surface area contributed by atoms with Gasteiger partial charge in [0.2, 0.25) is 5.89 Å². The zero-order valence-electron chi connectivity index (χ0n) is 28.6. The number of nitrogens with zero attached hydrogens (tertiary/aromatic N) is 5. The number of likely N-dealkylation sites (tertiary alicyclic amines) is 2. The Labute approximate surface area is 300 Å². The molecule has 5 heterocycles. The van der Waals surface area contributed by atoms with Crippen LogP contribution in [-0.4, -0.2) is 73.2 Å². The topological polar surface area (TPSA) is 128 Å². The Kier molecular flexibility index (Phi) is 8.93. The molecular weight excluding hydrogens is 664 g/mol. The molecule has 8 rings (SSSR count). The molecule has 0 spiro atoms. The first-order valence-corrected chi connectivity index (χ1v) is 17.7. The maximum atomic E-state index is 11.4. The molecule has 6 aromatic rings. The van der Waals surface area contributed by atoms with Gasteiger partial charge < -0.3 is 19.9 Å². The first kappa shape index (κ1) is 33.3. The highest BCUT2D eigenvalue weighted by Gasteiger charge is 2.28. The number of aliphatic carboxylic acids is 1. The van der Waals surface area contributed by atoms with Crippen molar-refractivity contribution in [1.29, 1.82) is 0 Å². The Bertz CT molecular complexity index is 2290. The highest BCUT2D eigenvalue weighted by atomic mass is 35.5. The molecule has 51 heavy (non-hydrogen) atoms. The molecule has 0 bridgehead atoms. The van der Waals surface area contributed by atoms with E-state index < -0.39 is 5.97 Å². The summed E-state index contributed by atoms with van der Waals surface area (Å²) in [6.07, 6.45) is 4.92. The summed E-state index contributed by atoms with van der Waals surface area (Å²) < 4.78 is 6.28. The fourth-order valence-electron chi connectivity index (χ4n) is 7.54. The number of carboxylic acids is 1. The number of aromatic nitrogens is 3. The third-order valence-electron chi connectivity index (χ3n) is 10.3. The number of fused-ring (bicyclic) bond motifs is 2. The van der Waals surface area contributed by atoms with Gasteiger partial charge in [0.15, 0.2) is 11.4 Å². The number of rotatable bonds is 9. The normalized spacial score (nSPS) is 18.3. The second-order valence-electron chi connectivity index (χ2n) is 13.8. The van der Waals surface area contributed by atoms with Gasteiger partial charge in [0.1, 0.15) is 11.0 Å². The maximum absolute atomic E-state index is 11.4. The molecule has 3 aromatic carbocycles. The smallest absolute Gasteiger partial charge is 0.307 e. The number of halogens is 1. The Morgan fingerprint density at radius 1 is 0.922 bits per heavy atom. The van der Waals surface area contributed by atoms with E-state index in [-0.39, 0.29) is 12.0 Å². The van der Waals surface area contributed by atoms with Gasteiger partial charge in [-0.15, -0.1) is 0 Å². The molecular formula is C40H39ClN6O4. The molecule has 3 aromatic heterocycles. The molecule has 2 atom stereocenters. The molecule has 2 fully saturated rings. The van der Waals surface area contributed by atoms with Crippen molar-refractivity contribution in [2.75, 3.05) is 31.5 Å². The highest BCUT2D eigenvalue weighted by Crippen LogP contribution is 2.38. The Balaban J connectivity index is 1.05. The first-order valence-electron chi connectivity index (χ1n) is 17.4. The van der Waals surface area contributed by atoms with Crippen molar-refractivity contribution in [3.05, 3.63) is 100 Å². The van der Waals surface area contributed by atoms with Gasteiger partial charge in [0.05, 0.1) is 17.0 Å². The van der Waals surface area contributed by atoms with Crippen LogP contribution in [0.1, 0.15) is 35.1 Å². The van der Waals surface area contributed by atoms with Gasteiger partial charge in [-0.2, -0.15) is 0 Å². The maximum Gasteiger partial charge on any atom is 0.307 e. The predicted octanol–water partition coefficient (Wildman–Crippen LogP) is 7.59. The van der Waals surface area contributed by atoms with Crippen molar-refractivity contribution in [2.45, 2.75) is 45.9 Å². The zero-order chi connectivity index (χ0) is 35.2. The molecule has 10 nitrogen and oxygen atoms in total. The van der Waals surface area contributed by atoms with E-state index in [1.165, 1.54) is 0 Å². The van der Waals surface area contributed by atoms with Crippen molar-refractivity contribution in [2.24, 2.45) is 5.92 Å². The highest BCUT2D eigenvalue weighted by molar-refractivity contribution is 6.34. The van der Waals surface area contributed by atoms with Gasteiger partial charge in [-0.05, 0) is 103 Å². The molecule has 0 aliphatic carbocycles. The van der Waals surface area contributed by atoms with E-state index in [2.05, 4.69) is 58.2 Å². The first-order chi connectivity index (χ1) is 24.7. The van der Waals surface area contributed by atoms with E-state index in [0.29, 0.717) is 53.9 Å². The van der Waals surface area contributed by atoms with Crippen molar-refractivity contribution in [3.8, 4) is 22.6 Å². The average Bonchev–Trinajstić information content (AvgIpc) is 3.86. The van der Waals surface area contributed by atoms with E-state index in [1.54, 1.807) is 6.20 Å². The van der Waals surface area contributed by atoms with Crippen molar-refractivity contribution >= 4 is 51.1 Å². The van der Waals surface area contributed by atoms with E-state index in [1.807, 2.05) is 42.6 Å². The Hall–Kier alpha value is -4.87. The summed E-state index contributed by atoms with van der Waals surface area (Å²) in [5.41, 5.74) is 10.1. The van der Waals surface area contributed by atoms with Gasteiger partial charge in [-0.25, -0.2) is 9.97 Å². The van der Waals surface area contributed by atoms with Crippen molar-refractivity contribution in [3.63, 3.8) is 0 Å². The molecule has 3 N–H and O–H groups in total. The SMILES string of the molecule is Cc1c(Nc2nccc3cc(CN4CC[C@@H](O)C4)cnc23)cccc1-c1cccc(-c2nc3cc(CN4CC[C@H](C(=O)O)C4)cc(Cl)c3o2)c1C. The van der Waals surface area contributed by atoms with E-state index in [4.69, 9.17) is 26.0 Å². The lowest BCUT2D eigenvalue weighted by Gasteiger charge is -2.17. The van der Waals surface area contributed by atoms with Crippen molar-refractivity contribution < 1.29 is 19.4 Å².